The Morgan fingerprint density at radius 2 is 1.37 bits per heavy atom. The quantitative estimate of drug-likeness (QED) is 0.0894. The molecule has 1 rings (SSSR count). The fourth-order valence-corrected chi connectivity index (χ4v) is 4.25. The number of hydrogen-bond donors (Lipinski definition) is 3. The highest BCUT2D eigenvalue weighted by Gasteiger charge is 2.25. The molecular weight excluding hydrogens is 557 g/mol. The minimum absolute atomic E-state index is 0.0407. The van der Waals surface area contributed by atoms with Gasteiger partial charge in [0.05, 0.1) is 31.0 Å². The van der Waals surface area contributed by atoms with Crippen molar-refractivity contribution in [2.45, 2.75) is 90.3 Å². The number of phosphoric acid groups is 1. The highest BCUT2D eigenvalue weighted by atomic mass is 31.2. The molecule has 0 radical (unpaired) electrons. The highest BCUT2D eigenvalue weighted by molar-refractivity contribution is 7.47. The molecule has 0 spiro atoms. The van der Waals surface area contributed by atoms with Gasteiger partial charge in [-0.3, -0.25) is 33.1 Å². The number of carbonyl (C=O) groups excluding carboxylic acids is 4. The van der Waals surface area contributed by atoms with Gasteiger partial charge in [0.1, 0.15) is 0 Å². The van der Waals surface area contributed by atoms with Crippen molar-refractivity contribution < 1.29 is 47.2 Å². The predicted octanol–water partition coefficient (Wildman–Crippen LogP) is 2.62. The first-order valence-electron chi connectivity index (χ1n) is 14.0. The van der Waals surface area contributed by atoms with E-state index in [0.29, 0.717) is 52.0 Å². The Balaban J connectivity index is 2.08. The van der Waals surface area contributed by atoms with E-state index in [4.69, 9.17) is 18.9 Å². The maximum atomic E-state index is 12.2. The minimum Gasteiger partial charge on any atom is -0.373 e. The summed E-state index contributed by atoms with van der Waals surface area (Å²) in [6, 6.07) is 0. The van der Waals surface area contributed by atoms with E-state index in [1.807, 2.05) is 27.7 Å². The van der Waals surface area contributed by atoms with E-state index in [0.717, 1.165) is 31.3 Å². The number of nitrogens with one attached hydrogen (secondary N) is 2. The molecule has 1 aliphatic rings. The number of nitrogens with zero attached hydrogens (tertiary/aromatic N) is 1. The Labute approximate surface area is 243 Å². The molecule has 0 aromatic rings. The van der Waals surface area contributed by atoms with Crippen LogP contribution in [-0.4, -0.2) is 91.2 Å². The Morgan fingerprint density at radius 1 is 0.829 bits per heavy atom. The Hall–Kier alpha value is -2.15. The molecule has 41 heavy (non-hydrogen) atoms. The van der Waals surface area contributed by atoms with Crippen molar-refractivity contribution in [3.63, 3.8) is 0 Å². The van der Waals surface area contributed by atoms with Crippen molar-refractivity contribution in [2.24, 2.45) is 0 Å². The first-order chi connectivity index (χ1) is 19.2. The molecule has 0 saturated carbocycles. The second-order valence-electron chi connectivity index (χ2n) is 11.0. The van der Waals surface area contributed by atoms with Crippen molar-refractivity contribution in [2.75, 3.05) is 46.6 Å². The lowest BCUT2D eigenvalue weighted by molar-refractivity contribution is -0.137. The number of carbonyl (C=O) groups is 4. The van der Waals surface area contributed by atoms with Crippen LogP contribution in [0.2, 0.25) is 0 Å². The average molecular weight is 606 g/mol. The number of hydrogen-bond acceptors (Lipinski definition) is 9. The van der Waals surface area contributed by atoms with Crippen LogP contribution in [0.25, 0.3) is 0 Å². The summed E-state index contributed by atoms with van der Waals surface area (Å²) in [4.78, 5) is 57.4. The van der Waals surface area contributed by atoms with Gasteiger partial charge in [0.15, 0.2) is 0 Å². The van der Waals surface area contributed by atoms with E-state index in [1.54, 1.807) is 0 Å². The Morgan fingerprint density at radius 3 is 1.98 bits per heavy atom. The van der Waals surface area contributed by atoms with Crippen LogP contribution in [-0.2, 0) is 42.3 Å². The van der Waals surface area contributed by atoms with Crippen LogP contribution >= 0.6 is 7.82 Å². The number of imide groups is 1. The molecule has 0 fully saturated rings. The molecule has 4 amide bonds. The molecule has 1 aliphatic heterocycles. The minimum atomic E-state index is -3.91. The van der Waals surface area contributed by atoms with Crippen LogP contribution < -0.4 is 10.6 Å². The Kier molecular flexibility index (Phi) is 16.6. The lowest BCUT2D eigenvalue weighted by Crippen LogP contribution is -2.37. The third kappa shape index (κ3) is 17.4. The summed E-state index contributed by atoms with van der Waals surface area (Å²) < 4.78 is 32.1. The summed E-state index contributed by atoms with van der Waals surface area (Å²) in [6.45, 7) is 9.57. The number of amides is 4. The molecule has 3 N–H and O–H groups in total. The van der Waals surface area contributed by atoms with E-state index >= 15 is 0 Å². The second kappa shape index (κ2) is 18.4. The van der Waals surface area contributed by atoms with Crippen LogP contribution in [0, 0.1) is 0 Å². The Bertz CT molecular complexity index is 920. The number of phosphoric ester groups is 1. The molecule has 236 valence electrons. The number of unbranched alkanes of at least 4 members (excludes halogenated alkanes) is 3. The highest BCUT2D eigenvalue weighted by Crippen LogP contribution is 2.41. The van der Waals surface area contributed by atoms with Gasteiger partial charge in [-0.1, -0.05) is 12.8 Å². The van der Waals surface area contributed by atoms with Crippen molar-refractivity contribution in [3.8, 4) is 0 Å². The van der Waals surface area contributed by atoms with Gasteiger partial charge in [-0.25, -0.2) is 4.57 Å². The van der Waals surface area contributed by atoms with Gasteiger partial charge < -0.3 is 25.0 Å². The molecule has 0 bridgehead atoms. The van der Waals surface area contributed by atoms with Crippen LogP contribution in [0.3, 0.4) is 0 Å². The van der Waals surface area contributed by atoms with Crippen LogP contribution in [0.5, 0.6) is 0 Å². The average Bonchev–Trinajstić information content (AvgIpc) is 3.22. The fourth-order valence-electron chi connectivity index (χ4n) is 3.78. The van der Waals surface area contributed by atoms with Gasteiger partial charge in [-0.2, -0.15) is 0 Å². The molecule has 14 heteroatoms. The smallest absolute Gasteiger partial charge is 0.373 e. The first-order valence-corrected chi connectivity index (χ1v) is 15.5. The van der Waals surface area contributed by atoms with Gasteiger partial charge in [0.2, 0.25) is 11.8 Å². The molecule has 0 aliphatic carbocycles. The summed E-state index contributed by atoms with van der Waals surface area (Å²) in [5.74, 6) is -1.09. The van der Waals surface area contributed by atoms with Gasteiger partial charge in [0, 0.05) is 51.7 Å². The largest absolute Gasteiger partial charge is 0.471 e. The van der Waals surface area contributed by atoms with E-state index in [-0.39, 0.29) is 31.4 Å². The summed E-state index contributed by atoms with van der Waals surface area (Å²) >= 11 is 0. The molecule has 1 heterocycles. The maximum absolute atomic E-state index is 12.2. The van der Waals surface area contributed by atoms with Gasteiger partial charge >= 0.3 is 7.82 Å². The van der Waals surface area contributed by atoms with E-state index in [1.165, 1.54) is 12.2 Å². The fraction of sp³-hybridized carbons (Fsp3) is 0.778. The third-order valence-corrected chi connectivity index (χ3v) is 7.38. The summed E-state index contributed by atoms with van der Waals surface area (Å²) in [6.07, 6.45) is 7.02. The molecule has 1 unspecified atom stereocenters. The molecular formula is C27H48N3O10P. The summed E-state index contributed by atoms with van der Waals surface area (Å²) in [7, 11) is -2.78. The van der Waals surface area contributed by atoms with Crippen LogP contribution in [0.4, 0.5) is 0 Å². The molecule has 1 atom stereocenters. The predicted molar refractivity (Wildman–Crippen MR) is 152 cm³/mol. The zero-order chi connectivity index (χ0) is 30.9. The van der Waals surface area contributed by atoms with E-state index in [9.17, 15) is 23.7 Å². The standard InChI is InChI=1S/C27H48N3O10P/c1-26(2,14-12-22(31)28-16-8-6-7-9-19-40-41(35,36)37-5)38-20-21-39-27(3,4)15-17-29-23(32)13-18-30-24(33)10-11-25(30)34/h10-11H,6-9,12-21H2,1-5H3,(H,28,31)(H,29,32)(H,35,36). The first kappa shape index (κ1) is 36.9. The zero-order valence-corrected chi connectivity index (χ0v) is 26.0. The molecule has 0 aromatic heterocycles. The lowest BCUT2D eigenvalue weighted by Gasteiger charge is -2.28. The van der Waals surface area contributed by atoms with Gasteiger partial charge in [0.25, 0.3) is 11.8 Å². The number of rotatable bonds is 23. The normalized spacial score (nSPS) is 15.3. The van der Waals surface area contributed by atoms with E-state index < -0.39 is 30.8 Å². The maximum Gasteiger partial charge on any atom is 0.471 e. The van der Waals surface area contributed by atoms with Crippen molar-refractivity contribution >= 4 is 31.5 Å². The van der Waals surface area contributed by atoms with Gasteiger partial charge in [-0.15, -0.1) is 0 Å². The molecule has 0 aromatic carbocycles. The van der Waals surface area contributed by atoms with Gasteiger partial charge in [-0.05, 0) is 53.4 Å². The third-order valence-electron chi connectivity index (χ3n) is 6.41. The SMILES string of the molecule is COP(=O)(O)OCCCCCCNC(=O)CCC(C)(C)OCCOC(C)(C)CCNC(=O)CCN1C(=O)C=CC1=O. The van der Waals surface area contributed by atoms with Crippen molar-refractivity contribution in [1.29, 1.82) is 0 Å². The zero-order valence-electron chi connectivity index (χ0n) is 25.1. The summed E-state index contributed by atoms with van der Waals surface area (Å²) in [5.41, 5.74) is -0.996. The molecule has 13 nitrogen and oxygen atoms in total. The summed E-state index contributed by atoms with van der Waals surface area (Å²) in [5, 5.41) is 5.69. The topological polar surface area (TPSA) is 170 Å². The van der Waals surface area contributed by atoms with Crippen LogP contribution in [0.1, 0.15) is 79.1 Å². The molecule has 0 saturated heterocycles. The van der Waals surface area contributed by atoms with Crippen molar-refractivity contribution in [3.05, 3.63) is 12.2 Å². The monoisotopic (exact) mass is 605 g/mol. The van der Waals surface area contributed by atoms with Crippen molar-refractivity contribution in [1.82, 2.24) is 15.5 Å². The number of ether oxygens (including phenoxy) is 2. The van der Waals surface area contributed by atoms with Crippen LogP contribution in [0.15, 0.2) is 12.2 Å². The lowest BCUT2D eigenvalue weighted by atomic mass is 10.0. The second-order valence-corrected chi connectivity index (χ2v) is 12.5. The van der Waals surface area contributed by atoms with E-state index in [2.05, 4.69) is 15.2 Å².